The van der Waals surface area contributed by atoms with Crippen molar-refractivity contribution in [3.05, 3.63) is 40.3 Å². The lowest BCUT2D eigenvalue weighted by molar-refractivity contribution is -0.122. The summed E-state index contributed by atoms with van der Waals surface area (Å²) in [7, 11) is 1.57. The van der Waals surface area contributed by atoms with Crippen LogP contribution in [0.3, 0.4) is 0 Å². The van der Waals surface area contributed by atoms with Crippen molar-refractivity contribution in [1.82, 2.24) is 0 Å². The predicted octanol–water partition coefficient (Wildman–Crippen LogP) is 4.22. The van der Waals surface area contributed by atoms with E-state index in [1.165, 1.54) is 11.3 Å². The number of fused-ring (bicyclic) bond motifs is 1. The molecule has 150 valence electrons. The van der Waals surface area contributed by atoms with Crippen LogP contribution in [-0.2, 0) is 22.4 Å². The van der Waals surface area contributed by atoms with Gasteiger partial charge in [-0.15, -0.1) is 11.3 Å². The summed E-state index contributed by atoms with van der Waals surface area (Å²) in [6.45, 7) is 3.75. The molecule has 0 bridgehead atoms. The monoisotopic (exact) mass is 403 g/mol. The number of hydrogen-bond acceptors (Lipinski definition) is 6. The van der Waals surface area contributed by atoms with Crippen LogP contribution in [-0.4, -0.2) is 31.7 Å². The molecule has 0 fully saturated rings. The number of amides is 1. The number of anilines is 1. The molecule has 1 aliphatic rings. The summed E-state index contributed by atoms with van der Waals surface area (Å²) in [6, 6.07) is 7.09. The molecule has 0 saturated carbocycles. The average molecular weight is 404 g/mol. The number of carbonyl (C=O) groups is 2. The zero-order valence-electron chi connectivity index (χ0n) is 16.4. The fraction of sp³-hybridized carbons (Fsp3) is 0.429. The fourth-order valence-electron chi connectivity index (χ4n) is 3.22. The third-order valence-electron chi connectivity index (χ3n) is 4.61. The maximum absolute atomic E-state index is 12.7. The van der Waals surface area contributed by atoms with Gasteiger partial charge in [0.05, 0.1) is 19.3 Å². The number of benzene rings is 1. The molecule has 1 atom stereocenters. The second-order valence-electron chi connectivity index (χ2n) is 6.56. The van der Waals surface area contributed by atoms with Crippen LogP contribution < -0.4 is 14.8 Å². The van der Waals surface area contributed by atoms with Gasteiger partial charge in [-0.05, 0) is 57.2 Å². The highest BCUT2D eigenvalue weighted by Crippen LogP contribution is 2.38. The van der Waals surface area contributed by atoms with E-state index in [1.54, 1.807) is 45.2 Å². The second kappa shape index (κ2) is 9.10. The van der Waals surface area contributed by atoms with E-state index in [2.05, 4.69) is 5.32 Å². The summed E-state index contributed by atoms with van der Waals surface area (Å²) in [5.74, 6) is 0.504. The standard InChI is InChI=1S/C21H25NO5S/c1-4-26-21(24)18-16-10-5-6-11-17(16)28-20(18)22-19(23)13(2)27-15-9-7-8-14(12-15)25-3/h7-9,12-13H,4-6,10-11H2,1-3H3,(H,22,23)/t13-/m0/s1. The van der Waals surface area contributed by atoms with Gasteiger partial charge in [0.1, 0.15) is 16.5 Å². The predicted molar refractivity (Wildman–Crippen MR) is 109 cm³/mol. The smallest absolute Gasteiger partial charge is 0.341 e. The van der Waals surface area contributed by atoms with Gasteiger partial charge in [0, 0.05) is 10.9 Å². The maximum Gasteiger partial charge on any atom is 0.341 e. The van der Waals surface area contributed by atoms with E-state index < -0.39 is 6.10 Å². The Balaban J connectivity index is 1.77. The molecule has 3 rings (SSSR count). The molecule has 2 aromatic rings. The van der Waals surface area contributed by atoms with Crippen molar-refractivity contribution in [2.24, 2.45) is 0 Å². The lowest BCUT2D eigenvalue weighted by atomic mass is 9.95. The van der Waals surface area contributed by atoms with Gasteiger partial charge in [-0.3, -0.25) is 4.79 Å². The molecular formula is C21H25NO5S. The summed E-state index contributed by atoms with van der Waals surface area (Å²) >= 11 is 1.47. The first kappa shape index (κ1) is 20.2. The number of hydrogen-bond donors (Lipinski definition) is 1. The number of carbonyl (C=O) groups excluding carboxylic acids is 2. The van der Waals surface area contributed by atoms with E-state index in [1.807, 2.05) is 0 Å². The van der Waals surface area contributed by atoms with Crippen LogP contribution in [0.1, 0.15) is 47.5 Å². The van der Waals surface area contributed by atoms with Gasteiger partial charge in [0.2, 0.25) is 0 Å². The molecule has 0 aliphatic heterocycles. The fourth-order valence-corrected chi connectivity index (χ4v) is 4.50. The zero-order valence-corrected chi connectivity index (χ0v) is 17.2. The van der Waals surface area contributed by atoms with Crippen molar-refractivity contribution in [2.75, 3.05) is 19.0 Å². The van der Waals surface area contributed by atoms with Crippen LogP contribution in [0.25, 0.3) is 0 Å². The third-order valence-corrected chi connectivity index (χ3v) is 5.82. The molecule has 1 aliphatic carbocycles. The molecule has 1 aromatic heterocycles. The first-order chi connectivity index (χ1) is 13.5. The Morgan fingerprint density at radius 3 is 2.71 bits per heavy atom. The van der Waals surface area contributed by atoms with Crippen molar-refractivity contribution in [2.45, 2.75) is 45.6 Å². The summed E-state index contributed by atoms with van der Waals surface area (Å²) < 4.78 is 16.1. The molecule has 1 N–H and O–H groups in total. The molecule has 1 heterocycles. The normalized spacial score (nSPS) is 14.0. The summed E-state index contributed by atoms with van der Waals surface area (Å²) in [6.07, 6.45) is 3.17. The number of aryl methyl sites for hydroxylation is 1. The second-order valence-corrected chi connectivity index (χ2v) is 7.67. The first-order valence-corrected chi connectivity index (χ1v) is 10.3. The molecule has 0 unspecified atom stereocenters. The van der Waals surface area contributed by atoms with E-state index in [0.29, 0.717) is 28.7 Å². The van der Waals surface area contributed by atoms with Crippen LogP contribution in [0, 0.1) is 0 Å². The zero-order chi connectivity index (χ0) is 20.1. The highest BCUT2D eigenvalue weighted by molar-refractivity contribution is 7.17. The quantitative estimate of drug-likeness (QED) is 0.701. The van der Waals surface area contributed by atoms with Crippen LogP contribution in [0.15, 0.2) is 24.3 Å². The first-order valence-electron chi connectivity index (χ1n) is 9.46. The van der Waals surface area contributed by atoms with Crippen LogP contribution >= 0.6 is 11.3 Å². The Morgan fingerprint density at radius 1 is 1.21 bits per heavy atom. The van der Waals surface area contributed by atoms with E-state index in [-0.39, 0.29) is 11.9 Å². The number of thiophene rings is 1. The van der Waals surface area contributed by atoms with E-state index in [4.69, 9.17) is 14.2 Å². The molecule has 6 nitrogen and oxygen atoms in total. The molecule has 28 heavy (non-hydrogen) atoms. The van der Waals surface area contributed by atoms with Crippen LogP contribution in [0.4, 0.5) is 5.00 Å². The van der Waals surface area contributed by atoms with Gasteiger partial charge in [-0.2, -0.15) is 0 Å². The van der Waals surface area contributed by atoms with Crippen molar-refractivity contribution in [3.8, 4) is 11.5 Å². The van der Waals surface area contributed by atoms with Gasteiger partial charge in [0.15, 0.2) is 6.10 Å². The Kier molecular flexibility index (Phi) is 6.57. The third kappa shape index (κ3) is 4.47. The Bertz CT molecular complexity index is 860. The minimum atomic E-state index is -0.735. The van der Waals surface area contributed by atoms with Crippen LogP contribution in [0.2, 0.25) is 0 Å². The SMILES string of the molecule is CCOC(=O)c1c(NC(=O)[C@H](C)Oc2cccc(OC)c2)sc2c1CCCC2. The molecular weight excluding hydrogens is 378 g/mol. The van der Waals surface area contributed by atoms with Crippen molar-refractivity contribution in [3.63, 3.8) is 0 Å². The Morgan fingerprint density at radius 2 is 1.96 bits per heavy atom. The van der Waals surface area contributed by atoms with Gasteiger partial charge >= 0.3 is 5.97 Å². The molecule has 1 aromatic carbocycles. The largest absolute Gasteiger partial charge is 0.497 e. The molecule has 1 amide bonds. The van der Waals surface area contributed by atoms with Gasteiger partial charge in [-0.25, -0.2) is 4.79 Å². The van der Waals surface area contributed by atoms with Crippen molar-refractivity contribution in [1.29, 1.82) is 0 Å². The molecule has 0 radical (unpaired) electrons. The number of nitrogens with one attached hydrogen (secondary N) is 1. The van der Waals surface area contributed by atoms with E-state index in [9.17, 15) is 9.59 Å². The van der Waals surface area contributed by atoms with Gasteiger partial charge in [-0.1, -0.05) is 6.07 Å². The van der Waals surface area contributed by atoms with Gasteiger partial charge in [0.25, 0.3) is 5.91 Å². The Labute approximate surface area is 168 Å². The van der Waals surface area contributed by atoms with E-state index >= 15 is 0 Å². The lowest BCUT2D eigenvalue weighted by Gasteiger charge is -2.15. The number of ether oxygens (including phenoxy) is 3. The minimum Gasteiger partial charge on any atom is -0.497 e. The highest BCUT2D eigenvalue weighted by Gasteiger charge is 2.28. The summed E-state index contributed by atoms with van der Waals surface area (Å²) in [5, 5.41) is 3.43. The molecule has 0 saturated heterocycles. The number of rotatable bonds is 7. The lowest BCUT2D eigenvalue weighted by Crippen LogP contribution is -2.30. The summed E-state index contributed by atoms with van der Waals surface area (Å²) in [5.41, 5.74) is 1.52. The topological polar surface area (TPSA) is 73.9 Å². The molecule has 0 spiro atoms. The summed E-state index contributed by atoms with van der Waals surface area (Å²) in [4.78, 5) is 26.4. The van der Waals surface area contributed by atoms with Crippen LogP contribution in [0.5, 0.6) is 11.5 Å². The van der Waals surface area contributed by atoms with E-state index in [0.717, 1.165) is 36.1 Å². The highest BCUT2D eigenvalue weighted by atomic mass is 32.1. The van der Waals surface area contributed by atoms with Crippen molar-refractivity contribution >= 4 is 28.2 Å². The number of esters is 1. The number of methoxy groups -OCH3 is 1. The average Bonchev–Trinajstić information content (AvgIpc) is 3.06. The maximum atomic E-state index is 12.7. The van der Waals surface area contributed by atoms with Crippen molar-refractivity contribution < 1.29 is 23.8 Å². The molecule has 7 heteroatoms. The van der Waals surface area contributed by atoms with Gasteiger partial charge < -0.3 is 19.5 Å². The minimum absolute atomic E-state index is 0.298. The Hall–Kier alpha value is -2.54.